The average molecular weight is 373 g/mol. The van der Waals surface area contributed by atoms with E-state index in [-0.39, 0.29) is 11.1 Å². The third-order valence-electron chi connectivity index (χ3n) is 3.41. The highest BCUT2D eigenvalue weighted by atomic mass is 79.9. The van der Waals surface area contributed by atoms with Crippen molar-refractivity contribution in [3.05, 3.63) is 55.3 Å². The number of hydrogen-bond donors (Lipinski definition) is 0. The molecule has 7 heteroatoms. The van der Waals surface area contributed by atoms with Crippen LogP contribution in [0.25, 0.3) is 0 Å². The molecule has 1 aromatic carbocycles. The quantitative estimate of drug-likeness (QED) is 0.450. The van der Waals surface area contributed by atoms with E-state index in [1.165, 1.54) is 6.07 Å². The molecule has 21 heavy (non-hydrogen) atoms. The average Bonchev–Trinajstić information content (AvgIpc) is 2.66. The zero-order valence-electron chi connectivity index (χ0n) is 11.9. The first-order valence-corrected chi connectivity index (χ1v) is 7.65. The van der Waals surface area contributed by atoms with Gasteiger partial charge in [0.25, 0.3) is 5.69 Å². The fraction of sp³-hybridized carbons (Fsp3) is 0.357. The molecule has 112 valence electrons. The van der Waals surface area contributed by atoms with Gasteiger partial charge in [-0.3, -0.25) is 14.8 Å². The summed E-state index contributed by atoms with van der Waals surface area (Å²) in [5.74, 6) is 0. The molecular weight excluding hydrogens is 358 g/mol. The fourth-order valence-corrected chi connectivity index (χ4v) is 3.28. The molecule has 1 atom stereocenters. The normalized spacial score (nSPS) is 12.4. The Hall–Kier alpha value is -1.40. The van der Waals surface area contributed by atoms with Gasteiger partial charge in [-0.1, -0.05) is 12.1 Å². The summed E-state index contributed by atoms with van der Waals surface area (Å²) in [4.78, 5) is 10.6. The van der Waals surface area contributed by atoms with Crippen molar-refractivity contribution in [2.24, 2.45) is 0 Å². The Morgan fingerprint density at radius 1 is 1.48 bits per heavy atom. The molecule has 1 unspecified atom stereocenters. The topological polar surface area (TPSA) is 61.0 Å². The Kier molecular flexibility index (Phi) is 4.68. The van der Waals surface area contributed by atoms with E-state index in [4.69, 9.17) is 11.6 Å². The van der Waals surface area contributed by atoms with Crippen LogP contribution in [0.5, 0.6) is 0 Å². The molecular formula is C14H15BrClN3O2. The summed E-state index contributed by atoms with van der Waals surface area (Å²) in [5, 5.41) is 15.3. The van der Waals surface area contributed by atoms with E-state index in [9.17, 15) is 10.1 Å². The smallest absolute Gasteiger partial charge is 0.265 e. The Balaban J connectivity index is 2.42. The van der Waals surface area contributed by atoms with Crippen LogP contribution in [0.1, 0.15) is 34.8 Å². The van der Waals surface area contributed by atoms with E-state index in [1.807, 2.05) is 31.5 Å². The van der Waals surface area contributed by atoms with Crippen LogP contribution in [0, 0.1) is 24.0 Å². The van der Waals surface area contributed by atoms with E-state index in [2.05, 4.69) is 21.0 Å². The second-order valence-electron chi connectivity index (χ2n) is 4.87. The monoisotopic (exact) mass is 371 g/mol. The number of aromatic nitrogens is 2. The highest BCUT2D eigenvalue weighted by Gasteiger charge is 2.19. The Morgan fingerprint density at radius 3 is 2.67 bits per heavy atom. The van der Waals surface area contributed by atoms with Crippen molar-refractivity contribution in [2.75, 3.05) is 0 Å². The van der Waals surface area contributed by atoms with Crippen LogP contribution in [0.15, 0.2) is 22.7 Å². The predicted octanol–water partition coefficient (Wildman–Crippen LogP) is 4.52. The third kappa shape index (κ3) is 3.11. The molecule has 0 aliphatic rings. The molecule has 0 bridgehead atoms. The van der Waals surface area contributed by atoms with Gasteiger partial charge in [0.05, 0.1) is 22.5 Å². The SMILES string of the molecule is Cc1nn(Cc2cccc([N+](=O)[O-])c2Br)c(C)c1C(C)Cl. The summed E-state index contributed by atoms with van der Waals surface area (Å²) >= 11 is 9.49. The van der Waals surface area contributed by atoms with Gasteiger partial charge in [0, 0.05) is 17.3 Å². The summed E-state index contributed by atoms with van der Waals surface area (Å²) in [6.45, 7) is 6.24. The summed E-state index contributed by atoms with van der Waals surface area (Å²) in [5.41, 5.74) is 3.74. The minimum absolute atomic E-state index is 0.0555. The lowest BCUT2D eigenvalue weighted by Crippen LogP contribution is -2.06. The zero-order chi connectivity index (χ0) is 15.7. The molecule has 2 rings (SSSR count). The minimum Gasteiger partial charge on any atom is -0.265 e. The lowest BCUT2D eigenvalue weighted by molar-refractivity contribution is -0.385. The maximum atomic E-state index is 11.0. The molecule has 0 N–H and O–H groups in total. The van der Waals surface area contributed by atoms with Crippen molar-refractivity contribution in [3.63, 3.8) is 0 Å². The van der Waals surface area contributed by atoms with Gasteiger partial charge < -0.3 is 0 Å². The number of benzene rings is 1. The van der Waals surface area contributed by atoms with Gasteiger partial charge in [-0.2, -0.15) is 5.10 Å². The molecule has 0 aliphatic carbocycles. The van der Waals surface area contributed by atoms with Crippen LogP contribution in [0.3, 0.4) is 0 Å². The van der Waals surface area contributed by atoms with Crippen LogP contribution in [0.2, 0.25) is 0 Å². The number of nitrogens with zero attached hydrogens (tertiary/aromatic N) is 3. The molecule has 0 radical (unpaired) electrons. The van der Waals surface area contributed by atoms with E-state index >= 15 is 0 Å². The van der Waals surface area contributed by atoms with E-state index in [1.54, 1.807) is 6.07 Å². The first-order chi connectivity index (χ1) is 9.82. The highest BCUT2D eigenvalue weighted by Crippen LogP contribution is 2.30. The van der Waals surface area contributed by atoms with Crippen LogP contribution in [-0.2, 0) is 6.54 Å². The number of hydrogen-bond acceptors (Lipinski definition) is 3. The molecule has 0 fully saturated rings. The van der Waals surface area contributed by atoms with Crippen molar-refractivity contribution in [2.45, 2.75) is 32.7 Å². The lowest BCUT2D eigenvalue weighted by Gasteiger charge is -2.08. The molecule has 1 aromatic heterocycles. The molecule has 0 spiro atoms. The summed E-state index contributed by atoms with van der Waals surface area (Å²) in [6.07, 6.45) is 0. The standard InChI is InChI=1S/C14H15BrClN3O2/c1-8(16)13-9(2)17-18(10(13)3)7-11-5-4-6-12(14(11)15)19(20)21/h4-6,8H,7H2,1-3H3. The number of aryl methyl sites for hydroxylation is 1. The third-order valence-corrected chi connectivity index (χ3v) is 4.54. The molecule has 0 saturated carbocycles. The molecule has 0 amide bonds. The van der Waals surface area contributed by atoms with Gasteiger partial charge in [-0.25, -0.2) is 0 Å². The second-order valence-corrected chi connectivity index (χ2v) is 6.31. The van der Waals surface area contributed by atoms with Crippen molar-refractivity contribution < 1.29 is 4.92 Å². The van der Waals surface area contributed by atoms with Crippen molar-refractivity contribution in [1.82, 2.24) is 9.78 Å². The van der Waals surface area contributed by atoms with Crippen molar-refractivity contribution >= 4 is 33.2 Å². The predicted molar refractivity (Wildman–Crippen MR) is 85.9 cm³/mol. The van der Waals surface area contributed by atoms with Gasteiger partial charge in [0.2, 0.25) is 0 Å². The van der Waals surface area contributed by atoms with Crippen LogP contribution < -0.4 is 0 Å². The van der Waals surface area contributed by atoms with E-state index in [0.717, 1.165) is 22.5 Å². The summed E-state index contributed by atoms with van der Waals surface area (Å²) in [6, 6.07) is 4.99. The van der Waals surface area contributed by atoms with Crippen LogP contribution in [0.4, 0.5) is 5.69 Å². The molecule has 5 nitrogen and oxygen atoms in total. The maximum absolute atomic E-state index is 11.0. The first-order valence-electron chi connectivity index (χ1n) is 6.42. The molecule has 1 heterocycles. The first kappa shape index (κ1) is 16.0. The van der Waals surface area contributed by atoms with Gasteiger partial charge in [0.1, 0.15) is 4.47 Å². The Morgan fingerprint density at radius 2 is 2.14 bits per heavy atom. The molecule has 2 aromatic rings. The number of alkyl halides is 1. The van der Waals surface area contributed by atoms with Gasteiger partial charge in [-0.05, 0) is 42.3 Å². The van der Waals surface area contributed by atoms with Gasteiger partial charge in [0.15, 0.2) is 0 Å². The minimum atomic E-state index is -0.402. The second kappa shape index (κ2) is 6.15. The summed E-state index contributed by atoms with van der Waals surface area (Å²) < 4.78 is 2.32. The lowest BCUT2D eigenvalue weighted by atomic mass is 10.1. The highest BCUT2D eigenvalue weighted by molar-refractivity contribution is 9.10. The Bertz CT molecular complexity index is 698. The molecule has 0 aliphatic heterocycles. The molecule has 0 saturated heterocycles. The van der Waals surface area contributed by atoms with E-state index < -0.39 is 4.92 Å². The van der Waals surface area contributed by atoms with Crippen molar-refractivity contribution in [1.29, 1.82) is 0 Å². The van der Waals surface area contributed by atoms with Gasteiger partial charge >= 0.3 is 0 Å². The van der Waals surface area contributed by atoms with E-state index in [0.29, 0.717) is 11.0 Å². The zero-order valence-corrected chi connectivity index (χ0v) is 14.3. The van der Waals surface area contributed by atoms with Gasteiger partial charge in [-0.15, -0.1) is 11.6 Å². The fourth-order valence-electron chi connectivity index (χ4n) is 2.43. The largest absolute Gasteiger partial charge is 0.283 e. The number of nitro groups is 1. The number of nitro benzene ring substituents is 1. The summed E-state index contributed by atoms with van der Waals surface area (Å²) in [7, 11) is 0. The Labute approximate surface area is 136 Å². The number of halogens is 2. The number of rotatable bonds is 4. The van der Waals surface area contributed by atoms with Crippen molar-refractivity contribution in [3.8, 4) is 0 Å². The van der Waals surface area contributed by atoms with Crippen LogP contribution >= 0.6 is 27.5 Å². The van der Waals surface area contributed by atoms with Crippen LogP contribution in [-0.4, -0.2) is 14.7 Å². The maximum Gasteiger partial charge on any atom is 0.283 e.